The summed E-state index contributed by atoms with van der Waals surface area (Å²) in [6, 6.07) is 0. The number of rotatable bonds is 10. The van der Waals surface area contributed by atoms with Crippen LogP contribution in [0.4, 0.5) is 0 Å². The van der Waals surface area contributed by atoms with E-state index in [0.717, 1.165) is 18.4 Å². The Labute approximate surface area is 331 Å². The molecule has 14 heteroatoms. The van der Waals surface area contributed by atoms with Gasteiger partial charge >= 0.3 is 0 Å². The van der Waals surface area contributed by atoms with Crippen LogP contribution in [-0.4, -0.2) is 150 Å². The van der Waals surface area contributed by atoms with E-state index in [9.17, 15) is 51.1 Å². The van der Waals surface area contributed by atoms with Gasteiger partial charge < -0.3 is 70.0 Å². The highest BCUT2D eigenvalue weighted by Gasteiger charge is 2.73. The molecule has 2 heterocycles. The van der Waals surface area contributed by atoms with E-state index < -0.39 is 109 Å². The Bertz CT molecular complexity index is 1410. The van der Waals surface area contributed by atoms with Crippen molar-refractivity contribution in [2.45, 2.75) is 192 Å². The maximum Gasteiger partial charge on any atom is 0.187 e. The van der Waals surface area contributed by atoms with Gasteiger partial charge in [0.05, 0.1) is 37.1 Å². The van der Waals surface area contributed by atoms with Crippen LogP contribution in [0.2, 0.25) is 0 Å². The molecular weight excluding hydrogens is 728 g/mol. The van der Waals surface area contributed by atoms with E-state index in [0.29, 0.717) is 38.5 Å². The first-order valence-electron chi connectivity index (χ1n) is 21.0. The molecule has 2 saturated heterocycles. The van der Waals surface area contributed by atoms with Crippen LogP contribution < -0.4 is 0 Å². The third kappa shape index (κ3) is 7.16. The summed E-state index contributed by atoms with van der Waals surface area (Å²) in [6.45, 7) is 15.8. The molecule has 21 atom stereocenters. The van der Waals surface area contributed by atoms with E-state index in [1.807, 2.05) is 20.8 Å². The maximum atomic E-state index is 12.4. The van der Waals surface area contributed by atoms with Crippen molar-refractivity contribution in [3.63, 3.8) is 0 Å². The normalized spacial score (nSPS) is 52.6. The first-order valence-corrected chi connectivity index (χ1v) is 21.0. The van der Waals surface area contributed by atoms with Gasteiger partial charge in [-0.1, -0.05) is 46.3 Å². The molecule has 6 rings (SSSR count). The van der Waals surface area contributed by atoms with Gasteiger partial charge in [-0.3, -0.25) is 0 Å². The summed E-state index contributed by atoms with van der Waals surface area (Å²) in [5.74, 6) is -0.477. The minimum Gasteiger partial charge on any atom is -0.394 e. The Balaban J connectivity index is 1.27. The predicted octanol–water partition coefficient (Wildman–Crippen LogP) is 1.12. The second-order valence-corrected chi connectivity index (χ2v) is 20.3. The van der Waals surface area contributed by atoms with Crippen molar-refractivity contribution in [2.75, 3.05) is 13.2 Å². The highest BCUT2D eigenvalue weighted by atomic mass is 16.7. The fourth-order valence-electron chi connectivity index (χ4n) is 13.4. The van der Waals surface area contributed by atoms with Crippen molar-refractivity contribution in [1.29, 1.82) is 0 Å². The molecule has 2 aliphatic heterocycles. The van der Waals surface area contributed by atoms with Gasteiger partial charge in [-0.25, -0.2) is 0 Å². The van der Waals surface area contributed by atoms with Gasteiger partial charge in [-0.2, -0.15) is 0 Å². The van der Waals surface area contributed by atoms with Crippen molar-refractivity contribution < 1.29 is 70.0 Å². The second kappa shape index (κ2) is 15.9. The third-order valence-electron chi connectivity index (χ3n) is 16.6. The SMILES string of the molecule is CC(C)=CCCC(C)(OC1OC(COC2OC(CO)C(O)C(O)C2O)C(O)C(O)C1O)C1CCC2(C)C1C(O)CC1C3(C)CCC(O)C(C)(C)C3C(O)CC12C. The number of aliphatic hydroxyl groups excluding tert-OH is 10. The summed E-state index contributed by atoms with van der Waals surface area (Å²) in [6.07, 6.45) is -9.99. The van der Waals surface area contributed by atoms with Gasteiger partial charge in [-0.05, 0) is 117 Å². The molecule has 0 aromatic carbocycles. The molecule has 6 aliphatic rings. The van der Waals surface area contributed by atoms with Gasteiger partial charge in [0.2, 0.25) is 0 Å². The van der Waals surface area contributed by atoms with Crippen LogP contribution in [0.15, 0.2) is 11.6 Å². The Morgan fingerprint density at radius 2 is 1.36 bits per heavy atom. The van der Waals surface area contributed by atoms with Crippen molar-refractivity contribution in [2.24, 2.45) is 45.3 Å². The summed E-state index contributed by atoms with van der Waals surface area (Å²) in [4.78, 5) is 0. The van der Waals surface area contributed by atoms with Crippen LogP contribution in [0.1, 0.15) is 107 Å². The summed E-state index contributed by atoms with van der Waals surface area (Å²) in [5, 5.41) is 109. The van der Waals surface area contributed by atoms with Crippen LogP contribution in [0.5, 0.6) is 0 Å². The molecular formula is C42H72O14. The van der Waals surface area contributed by atoms with Crippen LogP contribution in [0.3, 0.4) is 0 Å². The summed E-state index contributed by atoms with van der Waals surface area (Å²) in [7, 11) is 0. The smallest absolute Gasteiger partial charge is 0.187 e. The fourth-order valence-corrected chi connectivity index (χ4v) is 13.4. The second-order valence-electron chi connectivity index (χ2n) is 20.3. The van der Waals surface area contributed by atoms with Gasteiger partial charge in [0.15, 0.2) is 12.6 Å². The van der Waals surface area contributed by atoms with Crippen molar-refractivity contribution in [3.05, 3.63) is 11.6 Å². The lowest BCUT2D eigenvalue weighted by atomic mass is 9.34. The highest BCUT2D eigenvalue weighted by molar-refractivity contribution is 5.22. The number of hydrogen-bond donors (Lipinski definition) is 10. The Morgan fingerprint density at radius 1 is 0.750 bits per heavy atom. The minimum atomic E-state index is -1.70. The first kappa shape index (κ1) is 44.7. The molecule has 0 aromatic rings. The number of aliphatic hydroxyl groups is 10. The van der Waals surface area contributed by atoms with Gasteiger partial charge in [0.25, 0.3) is 0 Å². The molecule has 10 N–H and O–H groups in total. The summed E-state index contributed by atoms with van der Waals surface area (Å²) < 4.78 is 24.1. The molecule has 0 radical (unpaired) electrons. The largest absolute Gasteiger partial charge is 0.394 e. The fraction of sp³-hybridized carbons (Fsp3) is 0.952. The van der Waals surface area contributed by atoms with E-state index in [4.69, 9.17) is 18.9 Å². The van der Waals surface area contributed by atoms with Crippen molar-refractivity contribution >= 4 is 0 Å². The summed E-state index contributed by atoms with van der Waals surface area (Å²) in [5.41, 5.74) is -1.42. The van der Waals surface area contributed by atoms with Gasteiger partial charge in [-0.15, -0.1) is 0 Å². The van der Waals surface area contributed by atoms with Gasteiger partial charge in [0.1, 0.15) is 48.8 Å². The van der Waals surface area contributed by atoms with E-state index in [2.05, 4.69) is 40.7 Å². The zero-order valence-electron chi connectivity index (χ0n) is 34.6. The molecule has 0 spiro atoms. The monoisotopic (exact) mass is 800 g/mol. The van der Waals surface area contributed by atoms with Crippen molar-refractivity contribution in [1.82, 2.24) is 0 Å². The molecule has 0 bridgehead atoms. The molecule has 0 amide bonds. The van der Waals surface area contributed by atoms with Crippen LogP contribution >= 0.6 is 0 Å². The molecule has 6 fully saturated rings. The molecule has 4 saturated carbocycles. The molecule has 0 aromatic heterocycles. The lowest BCUT2D eigenvalue weighted by Gasteiger charge is -2.71. The Hall–Kier alpha value is -0.820. The van der Waals surface area contributed by atoms with E-state index in [1.165, 1.54) is 0 Å². The van der Waals surface area contributed by atoms with Crippen molar-refractivity contribution in [3.8, 4) is 0 Å². The molecule has 324 valence electrons. The number of fused-ring (bicyclic) bond motifs is 5. The Morgan fingerprint density at radius 3 is 1.98 bits per heavy atom. The Kier molecular flexibility index (Phi) is 12.7. The van der Waals surface area contributed by atoms with Crippen LogP contribution in [0, 0.1) is 45.3 Å². The maximum absolute atomic E-state index is 12.4. The summed E-state index contributed by atoms with van der Waals surface area (Å²) >= 11 is 0. The zero-order chi connectivity index (χ0) is 41.5. The van der Waals surface area contributed by atoms with E-state index in [1.54, 1.807) is 0 Å². The molecule has 14 nitrogen and oxygen atoms in total. The first-order chi connectivity index (χ1) is 26.0. The van der Waals surface area contributed by atoms with E-state index >= 15 is 0 Å². The van der Waals surface area contributed by atoms with Gasteiger partial charge in [0, 0.05) is 0 Å². The molecule has 21 unspecified atom stereocenters. The number of hydrogen-bond acceptors (Lipinski definition) is 14. The van der Waals surface area contributed by atoms with Crippen LogP contribution in [0.25, 0.3) is 0 Å². The average molecular weight is 801 g/mol. The molecule has 56 heavy (non-hydrogen) atoms. The lowest BCUT2D eigenvalue weighted by Crippen LogP contribution is -2.70. The quantitative estimate of drug-likeness (QED) is 0.140. The molecule has 4 aliphatic carbocycles. The van der Waals surface area contributed by atoms with Crippen LogP contribution in [-0.2, 0) is 18.9 Å². The zero-order valence-corrected chi connectivity index (χ0v) is 34.6. The topological polar surface area (TPSA) is 239 Å². The number of allylic oxidation sites excluding steroid dienone is 2. The highest BCUT2D eigenvalue weighted by Crippen LogP contribution is 2.76. The lowest BCUT2D eigenvalue weighted by molar-refractivity contribution is -0.350. The standard InChI is InChI=1S/C42H72O14/c1-20(2)10-9-13-42(8,56-37-34(52)32(50)30(48)25(55-37)19-53-36-33(51)31(49)29(47)24(18-43)54-36)21-11-15-40(6)28(21)22(44)16-26-39(5)14-12-27(46)38(3,4)35(39)23(45)17-41(26,40)7/h10,21-37,43-52H,9,11-19H2,1-8H3. The predicted molar refractivity (Wildman–Crippen MR) is 202 cm³/mol. The third-order valence-corrected chi connectivity index (χ3v) is 16.6. The minimum absolute atomic E-state index is 0.104. The van der Waals surface area contributed by atoms with E-state index in [-0.39, 0.29) is 34.5 Å². The average Bonchev–Trinajstić information content (AvgIpc) is 3.51. The number of ether oxygens (including phenoxy) is 4.